The molecule has 0 unspecified atom stereocenters. The molecule has 6 nitrogen and oxygen atoms in total. The molecule has 2 N–H and O–H groups in total. The van der Waals surface area contributed by atoms with Crippen LogP contribution in [0.4, 0.5) is 0 Å². The topological polar surface area (TPSA) is 84.5 Å². The van der Waals surface area contributed by atoms with Gasteiger partial charge in [0, 0.05) is 12.1 Å². The number of benzene rings is 1. The van der Waals surface area contributed by atoms with Crippen LogP contribution in [0.1, 0.15) is 27.7 Å². The third-order valence-electron chi connectivity index (χ3n) is 2.34. The zero-order chi connectivity index (χ0) is 16.0. The summed E-state index contributed by atoms with van der Waals surface area (Å²) in [6, 6.07) is 5.82. The van der Waals surface area contributed by atoms with Crippen LogP contribution in [0.15, 0.2) is 29.2 Å². The van der Waals surface area contributed by atoms with E-state index < -0.39 is 10.0 Å². The maximum atomic E-state index is 11.9. The second-order valence-electron chi connectivity index (χ2n) is 5.26. The molecule has 0 fully saturated rings. The van der Waals surface area contributed by atoms with E-state index in [9.17, 15) is 13.2 Å². The highest BCUT2D eigenvalue weighted by molar-refractivity contribution is 7.89. The average Bonchev–Trinajstić information content (AvgIpc) is 2.34. The Bertz CT molecular complexity index is 565. The zero-order valence-electron chi connectivity index (χ0n) is 12.7. The van der Waals surface area contributed by atoms with Crippen LogP contribution in [0.25, 0.3) is 0 Å². The summed E-state index contributed by atoms with van der Waals surface area (Å²) in [5.74, 6) is 0.223. The molecule has 0 atom stereocenters. The summed E-state index contributed by atoms with van der Waals surface area (Å²) in [5.41, 5.74) is 0. The van der Waals surface area contributed by atoms with Crippen LogP contribution in [0.5, 0.6) is 5.75 Å². The molecule has 0 aromatic heterocycles. The number of nitrogens with one attached hydrogen (secondary N) is 2. The second-order valence-corrected chi connectivity index (χ2v) is 6.97. The first-order chi connectivity index (χ1) is 9.70. The van der Waals surface area contributed by atoms with Crippen molar-refractivity contribution in [3.63, 3.8) is 0 Å². The Labute approximate surface area is 125 Å². The summed E-state index contributed by atoms with van der Waals surface area (Å²) in [6.45, 7) is 7.12. The van der Waals surface area contributed by atoms with Gasteiger partial charge in [0.05, 0.1) is 4.90 Å². The molecular formula is C14H22N2O4S. The molecule has 118 valence electrons. The Morgan fingerprint density at radius 1 is 1.10 bits per heavy atom. The van der Waals surface area contributed by atoms with Gasteiger partial charge >= 0.3 is 0 Å². The molecule has 7 heteroatoms. The van der Waals surface area contributed by atoms with E-state index in [-0.39, 0.29) is 29.5 Å². The SMILES string of the molecule is CC(C)NC(=O)COc1ccc(S(=O)(=O)NC(C)C)cc1. The van der Waals surface area contributed by atoms with Crippen LogP contribution in [-0.4, -0.2) is 33.0 Å². The number of ether oxygens (including phenoxy) is 1. The maximum absolute atomic E-state index is 11.9. The van der Waals surface area contributed by atoms with Crippen molar-refractivity contribution in [1.29, 1.82) is 0 Å². The van der Waals surface area contributed by atoms with Crippen molar-refractivity contribution >= 4 is 15.9 Å². The highest BCUT2D eigenvalue weighted by atomic mass is 32.2. The van der Waals surface area contributed by atoms with E-state index >= 15 is 0 Å². The van der Waals surface area contributed by atoms with E-state index in [1.54, 1.807) is 13.8 Å². The lowest BCUT2D eigenvalue weighted by molar-refractivity contribution is -0.123. The molecule has 0 saturated carbocycles. The van der Waals surface area contributed by atoms with Gasteiger partial charge in [-0.3, -0.25) is 4.79 Å². The van der Waals surface area contributed by atoms with E-state index in [1.165, 1.54) is 24.3 Å². The first-order valence-corrected chi connectivity index (χ1v) is 8.23. The molecule has 0 radical (unpaired) electrons. The van der Waals surface area contributed by atoms with Crippen molar-refractivity contribution in [3.8, 4) is 5.75 Å². The van der Waals surface area contributed by atoms with Gasteiger partial charge in [-0.25, -0.2) is 13.1 Å². The Kier molecular flexibility index (Phi) is 6.17. The van der Waals surface area contributed by atoms with E-state index in [0.717, 1.165) is 0 Å². The number of carbonyl (C=O) groups is 1. The lowest BCUT2D eigenvalue weighted by Gasteiger charge is -2.11. The molecule has 0 heterocycles. The largest absolute Gasteiger partial charge is 0.484 e. The minimum atomic E-state index is -3.51. The maximum Gasteiger partial charge on any atom is 0.258 e. The number of sulfonamides is 1. The molecule has 0 aliphatic carbocycles. The monoisotopic (exact) mass is 314 g/mol. The summed E-state index contributed by atoms with van der Waals surface area (Å²) < 4.78 is 31.6. The number of rotatable bonds is 7. The van der Waals surface area contributed by atoms with Gasteiger partial charge in [-0.2, -0.15) is 0 Å². The molecule has 0 aliphatic heterocycles. The molecular weight excluding hydrogens is 292 g/mol. The molecule has 21 heavy (non-hydrogen) atoms. The lowest BCUT2D eigenvalue weighted by atomic mass is 10.3. The van der Waals surface area contributed by atoms with Crippen LogP contribution < -0.4 is 14.8 Å². The van der Waals surface area contributed by atoms with Gasteiger partial charge in [0.1, 0.15) is 5.75 Å². The Morgan fingerprint density at radius 2 is 1.67 bits per heavy atom. The molecule has 1 aromatic carbocycles. The second kappa shape index (κ2) is 7.42. The van der Waals surface area contributed by atoms with Crippen molar-refractivity contribution in [2.45, 2.75) is 44.7 Å². The van der Waals surface area contributed by atoms with E-state index in [2.05, 4.69) is 10.0 Å². The summed E-state index contributed by atoms with van der Waals surface area (Å²) in [6.07, 6.45) is 0. The van der Waals surface area contributed by atoms with Crippen LogP contribution in [0.3, 0.4) is 0 Å². The first kappa shape index (κ1) is 17.5. The van der Waals surface area contributed by atoms with Crippen LogP contribution in [-0.2, 0) is 14.8 Å². The molecule has 0 bridgehead atoms. The van der Waals surface area contributed by atoms with E-state index in [0.29, 0.717) is 5.75 Å². The minimum Gasteiger partial charge on any atom is -0.484 e. The van der Waals surface area contributed by atoms with Gasteiger partial charge in [-0.15, -0.1) is 0 Å². The van der Waals surface area contributed by atoms with Gasteiger partial charge in [0.2, 0.25) is 10.0 Å². The average molecular weight is 314 g/mol. The van der Waals surface area contributed by atoms with Crippen LogP contribution >= 0.6 is 0 Å². The van der Waals surface area contributed by atoms with Gasteiger partial charge in [-0.05, 0) is 52.0 Å². The van der Waals surface area contributed by atoms with Gasteiger partial charge < -0.3 is 10.1 Å². The third-order valence-corrected chi connectivity index (χ3v) is 4.02. The van der Waals surface area contributed by atoms with Crippen LogP contribution in [0.2, 0.25) is 0 Å². The van der Waals surface area contributed by atoms with Crippen molar-refractivity contribution in [1.82, 2.24) is 10.0 Å². The fraction of sp³-hybridized carbons (Fsp3) is 0.500. The smallest absolute Gasteiger partial charge is 0.258 e. The quantitative estimate of drug-likeness (QED) is 0.794. The van der Waals surface area contributed by atoms with E-state index in [1.807, 2.05) is 13.8 Å². The van der Waals surface area contributed by atoms with Gasteiger partial charge in [0.15, 0.2) is 6.61 Å². The Balaban J connectivity index is 2.64. The summed E-state index contributed by atoms with van der Waals surface area (Å²) in [4.78, 5) is 11.6. The normalized spacial score (nSPS) is 11.7. The number of amides is 1. The molecule has 1 rings (SSSR count). The molecule has 0 saturated heterocycles. The summed E-state index contributed by atoms with van der Waals surface area (Å²) >= 11 is 0. The van der Waals surface area contributed by atoms with Crippen molar-refractivity contribution in [2.24, 2.45) is 0 Å². The molecule has 1 amide bonds. The lowest BCUT2D eigenvalue weighted by Crippen LogP contribution is -2.34. The number of hydrogen-bond acceptors (Lipinski definition) is 4. The standard InChI is InChI=1S/C14H22N2O4S/c1-10(2)15-14(17)9-20-12-5-7-13(8-6-12)21(18,19)16-11(3)4/h5-8,10-11,16H,9H2,1-4H3,(H,15,17). The Hall–Kier alpha value is -1.60. The van der Waals surface area contributed by atoms with Crippen molar-refractivity contribution < 1.29 is 17.9 Å². The summed E-state index contributed by atoms with van der Waals surface area (Å²) in [5, 5.41) is 2.70. The highest BCUT2D eigenvalue weighted by Crippen LogP contribution is 2.16. The fourth-order valence-corrected chi connectivity index (χ4v) is 2.86. The summed E-state index contributed by atoms with van der Waals surface area (Å²) in [7, 11) is -3.51. The Morgan fingerprint density at radius 3 is 2.14 bits per heavy atom. The predicted octanol–water partition coefficient (Wildman–Crippen LogP) is 1.28. The van der Waals surface area contributed by atoms with Gasteiger partial charge in [0.25, 0.3) is 5.91 Å². The van der Waals surface area contributed by atoms with Crippen LogP contribution in [0, 0.1) is 0 Å². The molecule has 1 aromatic rings. The fourth-order valence-electron chi connectivity index (χ4n) is 1.61. The zero-order valence-corrected chi connectivity index (χ0v) is 13.5. The third kappa shape index (κ3) is 6.14. The molecule has 0 spiro atoms. The van der Waals surface area contributed by atoms with Gasteiger partial charge in [-0.1, -0.05) is 0 Å². The number of hydrogen-bond donors (Lipinski definition) is 2. The van der Waals surface area contributed by atoms with Crippen molar-refractivity contribution in [3.05, 3.63) is 24.3 Å². The number of carbonyl (C=O) groups excluding carboxylic acids is 1. The minimum absolute atomic E-state index is 0.0516. The van der Waals surface area contributed by atoms with E-state index in [4.69, 9.17) is 4.74 Å². The van der Waals surface area contributed by atoms with Crippen molar-refractivity contribution in [2.75, 3.05) is 6.61 Å². The highest BCUT2D eigenvalue weighted by Gasteiger charge is 2.15. The first-order valence-electron chi connectivity index (χ1n) is 6.75. The predicted molar refractivity (Wildman–Crippen MR) is 80.7 cm³/mol. The molecule has 0 aliphatic rings.